The minimum atomic E-state index is 0.0168. The quantitative estimate of drug-likeness (QED) is 0.713. The van der Waals surface area contributed by atoms with Gasteiger partial charge in [0.25, 0.3) is 0 Å². The van der Waals surface area contributed by atoms with Gasteiger partial charge in [0.1, 0.15) is 0 Å². The number of amides is 1. The van der Waals surface area contributed by atoms with Crippen molar-refractivity contribution in [2.75, 3.05) is 20.1 Å². The summed E-state index contributed by atoms with van der Waals surface area (Å²) >= 11 is 0. The lowest BCUT2D eigenvalue weighted by Gasteiger charge is -2.17. The molecule has 0 saturated carbocycles. The van der Waals surface area contributed by atoms with Gasteiger partial charge in [-0.05, 0) is 27.8 Å². The van der Waals surface area contributed by atoms with E-state index in [4.69, 9.17) is 5.26 Å². The summed E-state index contributed by atoms with van der Waals surface area (Å²) in [6.07, 6.45) is 0.493. The fraction of sp³-hybridized carbons (Fsp3) is 0.818. The molecular weight excluding hydrogens is 190 g/mol. The third kappa shape index (κ3) is 7.95. The van der Waals surface area contributed by atoms with Crippen LogP contribution in [0.2, 0.25) is 0 Å². The first-order valence-electron chi connectivity index (χ1n) is 5.33. The van der Waals surface area contributed by atoms with E-state index < -0.39 is 0 Å². The van der Waals surface area contributed by atoms with Crippen LogP contribution < -0.4 is 5.32 Å². The number of hydrogen-bond acceptors (Lipinski definition) is 3. The highest BCUT2D eigenvalue weighted by atomic mass is 16.1. The maximum Gasteiger partial charge on any atom is 0.221 e. The van der Waals surface area contributed by atoms with Gasteiger partial charge in [-0.1, -0.05) is 0 Å². The molecule has 0 bridgehead atoms. The summed E-state index contributed by atoms with van der Waals surface area (Å²) in [6.45, 7) is 7.18. The molecule has 0 spiro atoms. The molecule has 4 nitrogen and oxygen atoms in total. The fourth-order valence-electron chi connectivity index (χ4n) is 1.29. The van der Waals surface area contributed by atoms with Crippen molar-refractivity contribution in [3.8, 4) is 6.07 Å². The summed E-state index contributed by atoms with van der Waals surface area (Å²) < 4.78 is 0. The van der Waals surface area contributed by atoms with Crippen LogP contribution in [0, 0.1) is 17.2 Å². The molecule has 1 unspecified atom stereocenters. The van der Waals surface area contributed by atoms with Crippen molar-refractivity contribution in [3.63, 3.8) is 0 Å². The van der Waals surface area contributed by atoms with Crippen LogP contribution in [-0.4, -0.2) is 37.0 Å². The Bertz CT molecular complexity index is 232. The maximum atomic E-state index is 11.3. The minimum absolute atomic E-state index is 0.0168. The number of carbonyl (C=O) groups is 1. The second kappa shape index (κ2) is 7.24. The molecule has 1 atom stereocenters. The van der Waals surface area contributed by atoms with Crippen molar-refractivity contribution in [2.45, 2.75) is 33.2 Å². The Kier molecular flexibility index (Phi) is 6.72. The van der Waals surface area contributed by atoms with Gasteiger partial charge in [-0.2, -0.15) is 5.26 Å². The number of rotatable bonds is 6. The highest BCUT2D eigenvalue weighted by Gasteiger charge is 2.08. The summed E-state index contributed by atoms with van der Waals surface area (Å²) in [7, 11) is 1.93. The number of hydrogen-bond donors (Lipinski definition) is 1. The Labute approximate surface area is 92.3 Å². The largest absolute Gasteiger partial charge is 0.354 e. The van der Waals surface area contributed by atoms with Gasteiger partial charge in [0, 0.05) is 25.6 Å². The Balaban J connectivity index is 3.67. The monoisotopic (exact) mass is 211 g/mol. The molecule has 0 aromatic carbocycles. The molecule has 1 amide bonds. The van der Waals surface area contributed by atoms with Gasteiger partial charge in [0.2, 0.25) is 5.91 Å². The van der Waals surface area contributed by atoms with E-state index in [9.17, 15) is 4.79 Å². The zero-order valence-electron chi connectivity index (χ0n) is 10.1. The van der Waals surface area contributed by atoms with Crippen LogP contribution in [0.15, 0.2) is 0 Å². The summed E-state index contributed by atoms with van der Waals surface area (Å²) in [5, 5.41) is 11.5. The van der Waals surface area contributed by atoms with Crippen molar-refractivity contribution in [3.05, 3.63) is 0 Å². The molecule has 15 heavy (non-hydrogen) atoms. The summed E-state index contributed by atoms with van der Waals surface area (Å²) in [5.74, 6) is 0.0876. The molecule has 0 aliphatic rings. The van der Waals surface area contributed by atoms with Gasteiger partial charge in [0.05, 0.1) is 12.0 Å². The lowest BCUT2D eigenvalue weighted by atomic mass is 10.2. The Morgan fingerprint density at radius 3 is 2.53 bits per heavy atom. The second-order valence-corrected chi connectivity index (χ2v) is 4.26. The highest BCUT2D eigenvalue weighted by Crippen LogP contribution is 1.97. The van der Waals surface area contributed by atoms with Crippen LogP contribution in [0.1, 0.15) is 27.2 Å². The average molecular weight is 211 g/mol. The van der Waals surface area contributed by atoms with Crippen molar-refractivity contribution in [2.24, 2.45) is 5.92 Å². The van der Waals surface area contributed by atoms with Crippen LogP contribution in [0.25, 0.3) is 0 Å². The maximum absolute atomic E-state index is 11.3. The van der Waals surface area contributed by atoms with Gasteiger partial charge in [-0.15, -0.1) is 0 Å². The Morgan fingerprint density at radius 2 is 2.07 bits per heavy atom. The number of nitriles is 1. The third-order valence-corrected chi connectivity index (χ3v) is 1.98. The van der Waals surface area contributed by atoms with Gasteiger partial charge in [-0.25, -0.2) is 0 Å². The Morgan fingerprint density at radius 1 is 1.47 bits per heavy atom. The van der Waals surface area contributed by atoms with Crippen LogP contribution in [-0.2, 0) is 4.79 Å². The molecule has 1 N–H and O–H groups in total. The van der Waals surface area contributed by atoms with E-state index >= 15 is 0 Å². The second-order valence-electron chi connectivity index (χ2n) is 4.26. The standard InChI is InChI=1S/C11H21N3O/c1-9(2)13-11(15)5-6-14(4)8-10(3)7-12/h9-10H,5-6,8H2,1-4H3,(H,13,15). The topological polar surface area (TPSA) is 56.1 Å². The molecule has 0 saturated heterocycles. The van der Waals surface area contributed by atoms with Crippen LogP contribution in [0.4, 0.5) is 0 Å². The fourth-order valence-corrected chi connectivity index (χ4v) is 1.29. The van der Waals surface area contributed by atoms with E-state index in [0.29, 0.717) is 19.5 Å². The van der Waals surface area contributed by atoms with Gasteiger partial charge in [-0.3, -0.25) is 4.79 Å². The SMILES string of the molecule is CC(C#N)CN(C)CCC(=O)NC(C)C. The van der Waals surface area contributed by atoms with Gasteiger partial charge in [0.15, 0.2) is 0 Å². The predicted molar refractivity (Wildman–Crippen MR) is 60.2 cm³/mol. The van der Waals surface area contributed by atoms with E-state index in [-0.39, 0.29) is 17.9 Å². The lowest BCUT2D eigenvalue weighted by molar-refractivity contribution is -0.121. The van der Waals surface area contributed by atoms with Gasteiger partial charge >= 0.3 is 0 Å². The molecule has 0 aromatic rings. The number of carbonyl (C=O) groups excluding carboxylic acids is 1. The smallest absolute Gasteiger partial charge is 0.221 e. The Hall–Kier alpha value is -1.08. The normalized spacial score (nSPS) is 12.6. The number of nitrogens with zero attached hydrogens (tertiary/aromatic N) is 2. The van der Waals surface area contributed by atoms with Crippen molar-refractivity contribution in [1.29, 1.82) is 5.26 Å². The molecule has 0 aliphatic carbocycles. The van der Waals surface area contributed by atoms with Crippen LogP contribution in [0.5, 0.6) is 0 Å². The van der Waals surface area contributed by atoms with Gasteiger partial charge < -0.3 is 10.2 Å². The molecular formula is C11H21N3O. The molecule has 4 heteroatoms. The molecule has 0 aromatic heterocycles. The molecule has 0 aliphatic heterocycles. The summed E-state index contributed by atoms with van der Waals surface area (Å²) in [4.78, 5) is 13.3. The van der Waals surface area contributed by atoms with Crippen LogP contribution >= 0.6 is 0 Å². The lowest BCUT2D eigenvalue weighted by Crippen LogP contribution is -2.34. The predicted octanol–water partition coefficient (Wildman–Crippen LogP) is 0.993. The summed E-state index contributed by atoms with van der Waals surface area (Å²) in [5.41, 5.74) is 0. The van der Waals surface area contributed by atoms with E-state index in [1.165, 1.54) is 0 Å². The summed E-state index contributed by atoms with van der Waals surface area (Å²) in [6, 6.07) is 2.37. The van der Waals surface area contributed by atoms with E-state index in [1.54, 1.807) is 0 Å². The molecule has 86 valence electrons. The molecule has 0 rings (SSSR count). The van der Waals surface area contributed by atoms with Crippen molar-refractivity contribution in [1.82, 2.24) is 10.2 Å². The molecule has 0 heterocycles. The van der Waals surface area contributed by atoms with Crippen molar-refractivity contribution < 1.29 is 4.79 Å². The molecule has 0 fully saturated rings. The third-order valence-electron chi connectivity index (χ3n) is 1.98. The highest BCUT2D eigenvalue weighted by molar-refractivity contribution is 5.76. The average Bonchev–Trinajstić information content (AvgIpc) is 2.13. The zero-order chi connectivity index (χ0) is 11.8. The van der Waals surface area contributed by atoms with E-state index in [1.807, 2.05) is 32.7 Å². The first-order chi connectivity index (χ1) is 6.95. The first-order valence-corrected chi connectivity index (χ1v) is 5.33. The van der Waals surface area contributed by atoms with Crippen LogP contribution in [0.3, 0.4) is 0 Å². The molecule has 0 radical (unpaired) electrons. The minimum Gasteiger partial charge on any atom is -0.354 e. The van der Waals surface area contributed by atoms with Crippen molar-refractivity contribution >= 4 is 5.91 Å². The van der Waals surface area contributed by atoms with E-state index in [2.05, 4.69) is 11.4 Å². The first kappa shape index (κ1) is 13.9. The number of nitrogens with one attached hydrogen (secondary N) is 1. The zero-order valence-corrected chi connectivity index (χ0v) is 10.1. The van der Waals surface area contributed by atoms with E-state index in [0.717, 1.165) is 0 Å².